The largest absolute Gasteiger partial charge is 0.385 e. The predicted molar refractivity (Wildman–Crippen MR) is 84.5 cm³/mol. The van der Waals surface area contributed by atoms with Crippen LogP contribution in [-0.2, 0) is 4.74 Å². The number of nitrogens with one attached hydrogen (secondary N) is 2. The number of hydrogen-bond donors (Lipinski definition) is 2. The minimum Gasteiger partial charge on any atom is -0.385 e. The zero-order valence-electron chi connectivity index (χ0n) is 13.2. The highest BCUT2D eigenvalue weighted by molar-refractivity contribution is 5.58. The van der Waals surface area contributed by atoms with Gasteiger partial charge >= 0.3 is 0 Å². The highest BCUT2D eigenvalue weighted by atomic mass is 16.5. The molecule has 20 heavy (non-hydrogen) atoms. The van der Waals surface area contributed by atoms with Crippen LogP contribution in [0, 0.1) is 0 Å². The highest BCUT2D eigenvalue weighted by Crippen LogP contribution is 2.28. The fraction of sp³-hybridized carbons (Fsp3) is 0.733. The van der Waals surface area contributed by atoms with Gasteiger partial charge in [0.05, 0.1) is 0 Å². The Morgan fingerprint density at radius 2 is 1.80 bits per heavy atom. The second kappa shape index (κ2) is 9.53. The number of methoxy groups -OCH3 is 1. The van der Waals surface area contributed by atoms with Gasteiger partial charge in [-0.15, -0.1) is 0 Å². The molecule has 0 amide bonds. The van der Waals surface area contributed by atoms with E-state index in [0.717, 1.165) is 44.2 Å². The summed E-state index contributed by atoms with van der Waals surface area (Å²) in [7, 11) is 1.75. The van der Waals surface area contributed by atoms with Gasteiger partial charge in [-0.2, -0.15) is 0 Å². The van der Waals surface area contributed by atoms with E-state index < -0.39 is 0 Å². The molecule has 1 rings (SSSR count). The van der Waals surface area contributed by atoms with Gasteiger partial charge < -0.3 is 15.4 Å². The molecule has 0 bridgehead atoms. The van der Waals surface area contributed by atoms with Crippen LogP contribution in [0.4, 0.5) is 11.6 Å². The number of unbranched alkanes of at least 4 members (excludes halogenated alkanes) is 2. The Labute approximate surface area is 122 Å². The number of hydrogen-bond acceptors (Lipinski definition) is 5. The van der Waals surface area contributed by atoms with Crippen LogP contribution in [0.5, 0.6) is 0 Å². The summed E-state index contributed by atoms with van der Waals surface area (Å²) in [6.07, 6.45) is 5.03. The summed E-state index contributed by atoms with van der Waals surface area (Å²) in [4.78, 5) is 8.73. The third-order valence-corrected chi connectivity index (χ3v) is 3.12. The molecule has 0 fully saturated rings. The lowest BCUT2D eigenvalue weighted by atomic mass is 10.0. The fourth-order valence-electron chi connectivity index (χ4n) is 2.15. The molecule has 0 aliphatic carbocycles. The summed E-state index contributed by atoms with van der Waals surface area (Å²) < 4.78 is 5.05. The summed E-state index contributed by atoms with van der Waals surface area (Å²) in [5.74, 6) is 2.29. The molecule has 5 heteroatoms. The smallest absolute Gasteiger partial charge is 0.134 e. The second-order valence-electron chi connectivity index (χ2n) is 5.15. The van der Waals surface area contributed by atoms with Crippen molar-refractivity contribution in [3.8, 4) is 0 Å². The molecule has 0 aromatic carbocycles. The lowest BCUT2D eigenvalue weighted by Gasteiger charge is -2.17. The Hall–Kier alpha value is -1.36. The molecular weight excluding hydrogens is 252 g/mol. The summed E-state index contributed by atoms with van der Waals surface area (Å²) in [5, 5.41) is 6.75. The minimum absolute atomic E-state index is 0.390. The van der Waals surface area contributed by atoms with Crippen molar-refractivity contribution in [2.45, 2.75) is 46.0 Å². The Kier molecular flexibility index (Phi) is 7.95. The van der Waals surface area contributed by atoms with Gasteiger partial charge in [-0.1, -0.05) is 13.8 Å². The maximum Gasteiger partial charge on any atom is 0.134 e. The van der Waals surface area contributed by atoms with Crippen LogP contribution < -0.4 is 10.6 Å². The number of rotatable bonds is 10. The Morgan fingerprint density at radius 3 is 2.40 bits per heavy atom. The van der Waals surface area contributed by atoms with E-state index in [4.69, 9.17) is 4.74 Å². The van der Waals surface area contributed by atoms with Crippen molar-refractivity contribution in [1.82, 2.24) is 9.97 Å². The molecule has 2 N–H and O–H groups in total. The average Bonchev–Trinajstić information content (AvgIpc) is 2.43. The summed E-state index contributed by atoms with van der Waals surface area (Å²) in [6.45, 7) is 9.07. The van der Waals surface area contributed by atoms with Crippen molar-refractivity contribution < 1.29 is 4.74 Å². The van der Waals surface area contributed by atoms with E-state index >= 15 is 0 Å². The fourth-order valence-corrected chi connectivity index (χ4v) is 2.15. The molecule has 0 spiro atoms. The third-order valence-electron chi connectivity index (χ3n) is 3.12. The van der Waals surface area contributed by atoms with E-state index in [1.54, 1.807) is 13.4 Å². The first-order valence-corrected chi connectivity index (χ1v) is 7.52. The van der Waals surface area contributed by atoms with E-state index in [2.05, 4.69) is 41.4 Å². The number of anilines is 2. The zero-order chi connectivity index (χ0) is 14.8. The van der Waals surface area contributed by atoms with Crippen LogP contribution in [0.15, 0.2) is 6.33 Å². The van der Waals surface area contributed by atoms with Crippen molar-refractivity contribution in [3.05, 3.63) is 11.9 Å². The van der Waals surface area contributed by atoms with Gasteiger partial charge in [-0.3, -0.25) is 0 Å². The molecule has 0 saturated carbocycles. The van der Waals surface area contributed by atoms with Crippen molar-refractivity contribution in [1.29, 1.82) is 0 Å². The van der Waals surface area contributed by atoms with Crippen molar-refractivity contribution in [2.24, 2.45) is 0 Å². The lowest BCUT2D eigenvalue weighted by molar-refractivity contribution is 0.192. The predicted octanol–water partition coefficient (Wildman–Crippen LogP) is 3.26. The molecule has 0 aliphatic rings. The third kappa shape index (κ3) is 5.33. The van der Waals surface area contributed by atoms with Crippen LogP contribution in [0.1, 0.15) is 51.5 Å². The van der Waals surface area contributed by atoms with Crippen molar-refractivity contribution >= 4 is 11.6 Å². The van der Waals surface area contributed by atoms with Gasteiger partial charge in [0.1, 0.15) is 18.0 Å². The average molecular weight is 280 g/mol. The molecule has 1 aromatic rings. The maximum absolute atomic E-state index is 5.05. The minimum atomic E-state index is 0.390. The van der Waals surface area contributed by atoms with Gasteiger partial charge in [0.25, 0.3) is 0 Å². The van der Waals surface area contributed by atoms with Gasteiger partial charge in [0.15, 0.2) is 0 Å². The molecule has 0 atom stereocenters. The van der Waals surface area contributed by atoms with Gasteiger partial charge in [-0.05, 0) is 32.1 Å². The standard InChI is InChI=1S/C15H28N4O/c1-5-16-14-13(12(2)3)15(19-11-18-14)17-9-7-6-8-10-20-4/h11-12H,5-10H2,1-4H3,(H2,16,17,18,19). The molecule has 0 saturated heterocycles. The molecule has 1 aromatic heterocycles. The molecule has 1 heterocycles. The Bertz CT molecular complexity index is 382. The van der Waals surface area contributed by atoms with E-state index in [1.807, 2.05) is 0 Å². The lowest BCUT2D eigenvalue weighted by Crippen LogP contribution is -2.12. The molecule has 0 aliphatic heterocycles. The van der Waals surface area contributed by atoms with E-state index in [9.17, 15) is 0 Å². The quantitative estimate of drug-likeness (QED) is 0.644. The number of nitrogens with zero attached hydrogens (tertiary/aromatic N) is 2. The van der Waals surface area contributed by atoms with Crippen LogP contribution >= 0.6 is 0 Å². The second-order valence-corrected chi connectivity index (χ2v) is 5.15. The zero-order valence-corrected chi connectivity index (χ0v) is 13.2. The van der Waals surface area contributed by atoms with Crippen LogP contribution in [0.25, 0.3) is 0 Å². The van der Waals surface area contributed by atoms with Gasteiger partial charge in [0, 0.05) is 32.4 Å². The maximum atomic E-state index is 5.05. The summed E-state index contributed by atoms with van der Waals surface area (Å²) in [6, 6.07) is 0. The van der Waals surface area contributed by atoms with Gasteiger partial charge in [-0.25, -0.2) is 9.97 Å². The highest BCUT2D eigenvalue weighted by Gasteiger charge is 2.13. The summed E-state index contributed by atoms with van der Waals surface area (Å²) >= 11 is 0. The van der Waals surface area contributed by atoms with E-state index in [1.165, 1.54) is 12.0 Å². The monoisotopic (exact) mass is 280 g/mol. The van der Waals surface area contributed by atoms with E-state index in [0.29, 0.717) is 5.92 Å². The first-order valence-electron chi connectivity index (χ1n) is 7.52. The first kappa shape index (κ1) is 16.7. The van der Waals surface area contributed by atoms with Crippen LogP contribution in [0.3, 0.4) is 0 Å². The van der Waals surface area contributed by atoms with Crippen molar-refractivity contribution in [3.63, 3.8) is 0 Å². The molecule has 0 radical (unpaired) electrons. The number of aromatic nitrogens is 2. The summed E-state index contributed by atoms with van der Waals surface area (Å²) in [5.41, 5.74) is 1.17. The SMILES string of the molecule is CCNc1ncnc(NCCCCCOC)c1C(C)C. The van der Waals surface area contributed by atoms with Crippen LogP contribution in [-0.4, -0.2) is 36.8 Å². The number of ether oxygens (including phenoxy) is 1. The van der Waals surface area contributed by atoms with Crippen molar-refractivity contribution in [2.75, 3.05) is 37.4 Å². The normalized spacial score (nSPS) is 10.8. The molecular formula is C15H28N4O. The topological polar surface area (TPSA) is 59.1 Å². The Balaban J connectivity index is 2.57. The Morgan fingerprint density at radius 1 is 1.10 bits per heavy atom. The molecule has 114 valence electrons. The first-order chi connectivity index (χ1) is 9.70. The molecule has 0 unspecified atom stereocenters. The van der Waals surface area contributed by atoms with Crippen LogP contribution in [0.2, 0.25) is 0 Å². The van der Waals surface area contributed by atoms with Gasteiger partial charge in [0.2, 0.25) is 0 Å². The molecule has 5 nitrogen and oxygen atoms in total. The van der Waals surface area contributed by atoms with E-state index in [-0.39, 0.29) is 0 Å².